The molecule has 2 aromatic rings. The first-order valence-electron chi connectivity index (χ1n) is 10.1. The van der Waals surface area contributed by atoms with Crippen molar-refractivity contribution in [2.45, 2.75) is 59.4 Å². The number of para-hydroxylation sites is 3. The van der Waals surface area contributed by atoms with Crippen LogP contribution in [0.3, 0.4) is 0 Å². The molecule has 3 heteroatoms. The van der Waals surface area contributed by atoms with Gasteiger partial charge in [-0.05, 0) is 48.9 Å². The maximum atomic E-state index is 3.80. The van der Waals surface area contributed by atoms with Gasteiger partial charge < -0.3 is 15.1 Å². The summed E-state index contributed by atoms with van der Waals surface area (Å²) in [6.07, 6.45) is 4.36. The Kier molecular flexibility index (Phi) is 5.79. The summed E-state index contributed by atoms with van der Waals surface area (Å²) in [6, 6.07) is 15.8. The summed E-state index contributed by atoms with van der Waals surface area (Å²) in [5, 5.41) is 3.80. The predicted molar refractivity (Wildman–Crippen MR) is 118 cm³/mol. The number of benzene rings is 2. The summed E-state index contributed by atoms with van der Waals surface area (Å²) in [7, 11) is 0. The van der Waals surface area contributed by atoms with Gasteiger partial charge in [0.05, 0.1) is 18.0 Å². The molecule has 1 aliphatic heterocycles. The van der Waals surface area contributed by atoms with Gasteiger partial charge in [0, 0.05) is 24.1 Å². The molecule has 0 aliphatic carbocycles. The molecule has 0 saturated heterocycles. The molecule has 0 radical (unpaired) electrons. The Morgan fingerprint density at radius 2 is 1.41 bits per heavy atom. The molecular weight excluding hydrogens is 330 g/mol. The molecule has 1 N–H and O–H groups in total. The zero-order valence-corrected chi connectivity index (χ0v) is 17.5. The van der Waals surface area contributed by atoms with E-state index in [1.807, 2.05) is 0 Å². The van der Waals surface area contributed by atoms with E-state index in [2.05, 4.69) is 112 Å². The van der Waals surface area contributed by atoms with Crippen LogP contribution in [0.4, 0.5) is 17.1 Å². The number of hydrogen-bond donors (Lipinski definition) is 1. The fourth-order valence-corrected chi connectivity index (χ4v) is 3.59. The number of nitrogens with zero attached hydrogens (tertiary/aromatic N) is 2. The third kappa shape index (κ3) is 4.13. The van der Waals surface area contributed by atoms with Crippen LogP contribution in [0.25, 0.3) is 0 Å². The van der Waals surface area contributed by atoms with E-state index in [1.165, 1.54) is 22.5 Å². The Morgan fingerprint density at radius 1 is 0.778 bits per heavy atom. The Labute approximate surface area is 164 Å². The SMILES string of the molecule is CC(C)c1cccc(C(C)C)c1Nc1ccccc1N1C=CN(C(C)C)C1. The zero-order valence-electron chi connectivity index (χ0n) is 17.5. The van der Waals surface area contributed by atoms with E-state index in [4.69, 9.17) is 0 Å². The minimum Gasteiger partial charge on any atom is -0.356 e. The van der Waals surface area contributed by atoms with Gasteiger partial charge in [-0.15, -0.1) is 0 Å². The molecule has 1 heterocycles. The molecule has 27 heavy (non-hydrogen) atoms. The van der Waals surface area contributed by atoms with Crippen LogP contribution in [0.1, 0.15) is 64.5 Å². The van der Waals surface area contributed by atoms with Crippen molar-refractivity contribution < 1.29 is 0 Å². The lowest BCUT2D eigenvalue weighted by Gasteiger charge is -2.27. The van der Waals surface area contributed by atoms with E-state index in [9.17, 15) is 0 Å². The molecule has 0 amide bonds. The minimum absolute atomic E-state index is 0.474. The molecule has 0 aromatic heterocycles. The van der Waals surface area contributed by atoms with Crippen LogP contribution in [0.2, 0.25) is 0 Å². The fourth-order valence-electron chi connectivity index (χ4n) is 3.59. The van der Waals surface area contributed by atoms with Crippen molar-refractivity contribution in [3.8, 4) is 0 Å². The average Bonchev–Trinajstić information content (AvgIpc) is 3.12. The van der Waals surface area contributed by atoms with Gasteiger partial charge in [0.15, 0.2) is 0 Å². The van der Waals surface area contributed by atoms with E-state index < -0.39 is 0 Å². The van der Waals surface area contributed by atoms with E-state index in [0.717, 1.165) is 12.4 Å². The average molecular weight is 364 g/mol. The molecule has 0 bridgehead atoms. The quantitative estimate of drug-likeness (QED) is 0.621. The van der Waals surface area contributed by atoms with Gasteiger partial charge in [-0.2, -0.15) is 0 Å². The van der Waals surface area contributed by atoms with Crippen molar-refractivity contribution in [3.63, 3.8) is 0 Å². The first-order valence-corrected chi connectivity index (χ1v) is 10.1. The number of anilines is 3. The summed E-state index contributed by atoms with van der Waals surface area (Å²) < 4.78 is 0. The molecule has 0 spiro atoms. The lowest BCUT2D eigenvalue weighted by molar-refractivity contribution is 0.336. The van der Waals surface area contributed by atoms with Gasteiger partial charge in [0.2, 0.25) is 0 Å². The predicted octanol–water partition coefficient (Wildman–Crippen LogP) is 6.64. The lowest BCUT2D eigenvalue weighted by atomic mass is 9.92. The van der Waals surface area contributed by atoms with Crippen molar-refractivity contribution >= 4 is 17.1 Å². The molecule has 3 rings (SSSR count). The highest BCUT2D eigenvalue weighted by molar-refractivity contribution is 5.79. The minimum atomic E-state index is 0.474. The molecule has 1 aliphatic rings. The Balaban J connectivity index is 1.98. The van der Waals surface area contributed by atoms with Crippen molar-refractivity contribution in [2.24, 2.45) is 0 Å². The zero-order chi connectivity index (χ0) is 19.6. The standard InChI is InChI=1S/C24H33N3/c1-17(2)20-10-9-11-21(18(3)4)24(20)25-22-12-7-8-13-23(22)27-15-14-26(16-27)19(5)6/h7-15,17-19,25H,16H2,1-6H3. The van der Waals surface area contributed by atoms with Crippen LogP contribution in [0, 0.1) is 0 Å². The van der Waals surface area contributed by atoms with Gasteiger partial charge >= 0.3 is 0 Å². The summed E-state index contributed by atoms with van der Waals surface area (Å²) in [4.78, 5) is 4.66. The second kappa shape index (κ2) is 8.08. The van der Waals surface area contributed by atoms with Crippen LogP contribution in [0.5, 0.6) is 0 Å². The molecule has 0 atom stereocenters. The van der Waals surface area contributed by atoms with Gasteiger partial charge in [-0.25, -0.2) is 0 Å². The van der Waals surface area contributed by atoms with Gasteiger partial charge in [0.1, 0.15) is 0 Å². The molecule has 2 aromatic carbocycles. The van der Waals surface area contributed by atoms with Crippen LogP contribution < -0.4 is 10.2 Å². The number of hydrogen-bond acceptors (Lipinski definition) is 3. The molecule has 0 saturated carbocycles. The highest BCUT2D eigenvalue weighted by Crippen LogP contribution is 2.37. The summed E-state index contributed by atoms with van der Waals surface area (Å²) in [5.74, 6) is 0.947. The molecule has 0 fully saturated rings. The summed E-state index contributed by atoms with van der Waals surface area (Å²) >= 11 is 0. The first kappa shape index (κ1) is 19.3. The number of nitrogens with one attached hydrogen (secondary N) is 1. The molecule has 0 unspecified atom stereocenters. The normalized spacial score (nSPS) is 14.1. The fraction of sp³-hybridized carbons (Fsp3) is 0.417. The van der Waals surface area contributed by atoms with E-state index in [-0.39, 0.29) is 0 Å². The van der Waals surface area contributed by atoms with E-state index >= 15 is 0 Å². The van der Waals surface area contributed by atoms with E-state index in [1.54, 1.807) is 0 Å². The Bertz CT molecular complexity index is 779. The second-order valence-electron chi connectivity index (χ2n) is 8.28. The van der Waals surface area contributed by atoms with Crippen molar-refractivity contribution in [1.82, 2.24) is 4.90 Å². The van der Waals surface area contributed by atoms with Gasteiger partial charge in [-0.3, -0.25) is 0 Å². The molecular formula is C24H33N3. The van der Waals surface area contributed by atoms with E-state index in [0.29, 0.717) is 17.9 Å². The van der Waals surface area contributed by atoms with Crippen LogP contribution in [-0.2, 0) is 0 Å². The first-order chi connectivity index (χ1) is 12.9. The number of rotatable bonds is 6. The summed E-state index contributed by atoms with van der Waals surface area (Å²) in [5.41, 5.74) is 6.38. The van der Waals surface area contributed by atoms with Crippen molar-refractivity contribution in [2.75, 3.05) is 16.9 Å². The summed E-state index contributed by atoms with van der Waals surface area (Å²) in [6.45, 7) is 14.4. The topological polar surface area (TPSA) is 18.5 Å². The lowest BCUT2D eigenvalue weighted by Crippen LogP contribution is -2.30. The molecule has 144 valence electrons. The Hall–Kier alpha value is -2.42. The third-order valence-corrected chi connectivity index (χ3v) is 5.26. The highest BCUT2D eigenvalue weighted by atomic mass is 15.4. The molecule has 3 nitrogen and oxygen atoms in total. The highest BCUT2D eigenvalue weighted by Gasteiger charge is 2.20. The maximum absolute atomic E-state index is 3.80. The second-order valence-corrected chi connectivity index (χ2v) is 8.28. The van der Waals surface area contributed by atoms with Gasteiger partial charge in [-0.1, -0.05) is 58.0 Å². The third-order valence-electron chi connectivity index (χ3n) is 5.26. The van der Waals surface area contributed by atoms with Crippen LogP contribution in [-0.4, -0.2) is 17.6 Å². The van der Waals surface area contributed by atoms with Crippen molar-refractivity contribution in [1.29, 1.82) is 0 Å². The monoisotopic (exact) mass is 363 g/mol. The van der Waals surface area contributed by atoms with Crippen molar-refractivity contribution in [3.05, 3.63) is 66.0 Å². The van der Waals surface area contributed by atoms with Gasteiger partial charge in [0.25, 0.3) is 0 Å². The largest absolute Gasteiger partial charge is 0.356 e. The maximum Gasteiger partial charge on any atom is 0.0945 e. The Morgan fingerprint density at radius 3 is 1.96 bits per heavy atom. The van der Waals surface area contributed by atoms with Crippen LogP contribution in [0.15, 0.2) is 54.9 Å². The smallest absolute Gasteiger partial charge is 0.0945 e. The van der Waals surface area contributed by atoms with Crippen LogP contribution >= 0.6 is 0 Å².